The number of allylic oxidation sites excluding steroid dienone is 1. The Hall–Kier alpha value is -3.48. The molecular formula is C23H18F3NO3. The maximum Gasteiger partial charge on any atom is 0.416 e. The Balaban J connectivity index is 1.61. The zero-order valence-electron chi connectivity index (χ0n) is 15.8. The Kier molecular flexibility index (Phi) is 5.11. The summed E-state index contributed by atoms with van der Waals surface area (Å²) < 4.78 is 44.5. The van der Waals surface area contributed by atoms with Gasteiger partial charge in [0.2, 0.25) is 5.91 Å². The van der Waals surface area contributed by atoms with Gasteiger partial charge in [0, 0.05) is 17.3 Å². The summed E-state index contributed by atoms with van der Waals surface area (Å²) in [5.41, 5.74) is 0.866. The van der Waals surface area contributed by atoms with Crippen molar-refractivity contribution in [2.45, 2.75) is 19.0 Å². The van der Waals surface area contributed by atoms with Crippen LogP contribution in [0.5, 0.6) is 11.5 Å². The third kappa shape index (κ3) is 4.25. The molecule has 1 amide bonds. The van der Waals surface area contributed by atoms with Gasteiger partial charge in [-0.05, 0) is 65.6 Å². The van der Waals surface area contributed by atoms with Gasteiger partial charge in [0.05, 0.1) is 12.2 Å². The molecule has 3 aromatic rings. The van der Waals surface area contributed by atoms with Gasteiger partial charge in [-0.2, -0.15) is 13.2 Å². The standard InChI is InChI=1S/C23H18F3NO3/c24-23(25,26)17-5-8-20-15(2-1-9-30-21(20)13-17)12-22(29)27-18-6-3-14-4-7-19(28)11-16(14)10-18/h3-8,10-13,28H,1-2,9H2,(H,27,29). The number of benzene rings is 3. The van der Waals surface area contributed by atoms with Crippen molar-refractivity contribution < 1.29 is 27.8 Å². The van der Waals surface area contributed by atoms with Crippen LogP contribution >= 0.6 is 0 Å². The van der Waals surface area contributed by atoms with E-state index in [2.05, 4.69) is 5.32 Å². The minimum atomic E-state index is -4.46. The maximum absolute atomic E-state index is 13.0. The van der Waals surface area contributed by atoms with Crippen molar-refractivity contribution in [2.75, 3.05) is 11.9 Å². The van der Waals surface area contributed by atoms with Crippen LogP contribution in [-0.2, 0) is 11.0 Å². The van der Waals surface area contributed by atoms with E-state index in [-0.39, 0.29) is 18.1 Å². The first-order chi connectivity index (χ1) is 14.3. The fraction of sp³-hybridized carbons (Fsp3) is 0.174. The number of halogens is 3. The van der Waals surface area contributed by atoms with Crippen molar-refractivity contribution in [3.63, 3.8) is 0 Å². The van der Waals surface area contributed by atoms with Crippen LogP contribution < -0.4 is 10.1 Å². The van der Waals surface area contributed by atoms with Crippen molar-refractivity contribution in [1.29, 1.82) is 0 Å². The van der Waals surface area contributed by atoms with E-state index in [1.165, 1.54) is 12.1 Å². The zero-order valence-corrected chi connectivity index (χ0v) is 15.8. The summed E-state index contributed by atoms with van der Waals surface area (Å²) in [5, 5.41) is 14.1. The fourth-order valence-corrected chi connectivity index (χ4v) is 3.46. The molecule has 30 heavy (non-hydrogen) atoms. The predicted molar refractivity (Wildman–Crippen MR) is 108 cm³/mol. The molecule has 0 saturated carbocycles. The molecule has 1 heterocycles. The number of rotatable bonds is 2. The number of carbonyl (C=O) groups excluding carboxylic acids is 1. The summed E-state index contributed by atoms with van der Waals surface area (Å²) in [7, 11) is 0. The van der Waals surface area contributed by atoms with Crippen molar-refractivity contribution in [2.24, 2.45) is 0 Å². The molecule has 0 fully saturated rings. The number of nitrogens with one attached hydrogen (secondary N) is 1. The van der Waals surface area contributed by atoms with E-state index >= 15 is 0 Å². The van der Waals surface area contributed by atoms with Crippen LogP contribution in [0, 0.1) is 0 Å². The number of aromatic hydroxyl groups is 1. The van der Waals surface area contributed by atoms with Gasteiger partial charge in [-0.3, -0.25) is 4.79 Å². The third-order valence-corrected chi connectivity index (χ3v) is 4.90. The highest BCUT2D eigenvalue weighted by molar-refractivity contribution is 6.05. The number of fused-ring (bicyclic) bond motifs is 2. The number of amides is 1. The first-order valence-corrected chi connectivity index (χ1v) is 9.38. The minimum absolute atomic E-state index is 0.126. The molecule has 0 unspecified atom stereocenters. The van der Waals surface area contributed by atoms with Gasteiger partial charge in [-0.25, -0.2) is 0 Å². The van der Waals surface area contributed by atoms with Gasteiger partial charge in [-0.15, -0.1) is 0 Å². The fourth-order valence-electron chi connectivity index (χ4n) is 3.46. The average Bonchev–Trinajstić information content (AvgIpc) is 2.88. The number of carbonyl (C=O) groups is 1. The molecule has 4 rings (SSSR count). The summed E-state index contributed by atoms with van der Waals surface area (Å²) in [6.07, 6.45) is -1.97. The molecule has 154 valence electrons. The Morgan fingerprint density at radius 3 is 2.63 bits per heavy atom. The second kappa shape index (κ2) is 7.74. The van der Waals surface area contributed by atoms with E-state index < -0.39 is 17.6 Å². The number of anilines is 1. The van der Waals surface area contributed by atoms with Crippen LogP contribution in [0.15, 0.2) is 60.7 Å². The highest BCUT2D eigenvalue weighted by Gasteiger charge is 2.32. The molecule has 1 aliphatic rings. The second-order valence-electron chi connectivity index (χ2n) is 7.07. The molecule has 0 atom stereocenters. The first kappa shape index (κ1) is 19.8. The first-order valence-electron chi connectivity index (χ1n) is 9.38. The summed E-state index contributed by atoms with van der Waals surface area (Å²) in [6, 6.07) is 13.6. The largest absolute Gasteiger partial charge is 0.508 e. The van der Waals surface area contributed by atoms with Crippen LogP contribution in [0.25, 0.3) is 16.3 Å². The topological polar surface area (TPSA) is 58.6 Å². The molecule has 7 heteroatoms. The maximum atomic E-state index is 13.0. The smallest absolute Gasteiger partial charge is 0.416 e. The summed E-state index contributed by atoms with van der Waals surface area (Å²) in [6.45, 7) is 0.279. The average molecular weight is 413 g/mol. The lowest BCUT2D eigenvalue weighted by Gasteiger charge is -2.13. The molecule has 0 bridgehead atoms. The minimum Gasteiger partial charge on any atom is -0.508 e. The SMILES string of the molecule is O=C(C=C1CCCOc2cc(C(F)(F)F)ccc21)Nc1ccc2ccc(O)cc2c1. The van der Waals surface area contributed by atoms with Crippen LogP contribution in [0.4, 0.5) is 18.9 Å². The monoisotopic (exact) mass is 413 g/mol. The Bertz CT molecular complexity index is 1150. The van der Waals surface area contributed by atoms with Gasteiger partial charge in [0.1, 0.15) is 11.5 Å². The Morgan fingerprint density at radius 1 is 1.03 bits per heavy atom. The summed E-state index contributed by atoms with van der Waals surface area (Å²) in [4.78, 5) is 12.6. The number of phenols is 1. The van der Waals surface area contributed by atoms with E-state index in [0.717, 1.165) is 22.9 Å². The van der Waals surface area contributed by atoms with Gasteiger partial charge < -0.3 is 15.2 Å². The molecule has 1 aliphatic heterocycles. The molecule has 0 aliphatic carbocycles. The molecular weight excluding hydrogens is 395 g/mol. The third-order valence-electron chi connectivity index (χ3n) is 4.90. The number of hydrogen-bond donors (Lipinski definition) is 2. The quantitative estimate of drug-likeness (QED) is 0.525. The molecule has 0 radical (unpaired) electrons. The van der Waals surface area contributed by atoms with Gasteiger partial charge in [-0.1, -0.05) is 18.2 Å². The van der Waals surface area contributed by atoms with Crippen LogP contribution in [0.3, 0.4) is 0 Å². The Labute approximate surface area is 170 Å². The lowest BCUT2D eigenvalue weighted by Crippen LogP contribution is -2.09. The van der Waals surface area contributed by atoms with Gasteiger partial charge >= 0.3 is 6.18 Å². The zero-order chi connectivity index (χ0) is 21.3. The highest BCUT2D eigenvalue weighted by Crippen LogP contribution is 2.38. The van der Waals surface area contributed by atoms with E-state index in [0.29, 0.717) is 29.7 Å². The normalized spacial score (nSPS) is 15.4. The number of hydrogen-bond acceptors (Lipinski definition) is 3. The van der Waals surface area contributed by atoms with Crippen molar-refractivity contribution in [3.8, 4) is 11.5 Å². The number of phenolic OH excluding ortho intramolecular Hbond substituents is 1. The van der Waals surface area contributed by atoms with E-state index in [1.807, 2.05) is 6.07 Å². The van der Waals surface area contributed by atoms with E-state index in [4.69, 9.17) is 4.74 Å². The predicted octanol–water partition coefficient (Wildman–Crippen LogP) is 5.76. The van der Waals surface area contributed by atoms with Gasteiger partial charge in [0.25, 0.3) is 0 Å². The van der Waals surface area contributed by atoms with Crippen LogP contribution in [0.1, 0.15) is 24.0 Å². The number of alkyl halides is 3. The van der Waals surface area contributed by atoms with Crippen LogP contribution in [-0.4, -0.2) is 17.6 Å². The lowest BCUT2D eigenvalue weighted by atomic mass is 9.99. The highest BCUT2D eigenvalue weighted by atomic mass is 19.4. The second-order valence-corrected chi connectivity index (χ2v) is 7.07. The van der Waals surface area contributed by atoms with Gasteiger partial charge in [0.15, 0.2) is 0 Å². The number of ether oxygens (including phenoxy) is 1. The van der Waals surface area contributed by atoms with Crippen molar-refractivity contribution >= 4 is 27.9 Å². The summed E-state index contributed by atoms with van der Waals surface area (Å²) in [5.74, 6) is -0.138. The Morgan fingerprint density at radius 2 is 1.83 bits per heavy atom. The van der Waals surface area contributed by atoms with E-state index in [9.17, 15) is 23.1 Å². The van der Waals surface area contributed by atoms with Crippen molar-refractivity contribution in [3.05, 3.63) is 71.8 Å². The van der Waals surface area contributed by atoms with E-state index in [1.54, 1.807) is 30.3 Å². The van der Waals surface area contributed by atoms with Crippen LogP contribution in [0.2, 0.25) is 0 Å². The molecule has 4 nitrogen and oxygen atoms in total. The molecule has 2 N–H and O–H groups in total. The lowest BCUT2D eigenvalue weighted by molar-refractivity contribution is -0.137. The molecule has 0 spiro atoms. The molecule has 3 aromatic carbocycles. The van der Waals surface area contributed by atoms with Crippen molar-refractivity contribution in [1.82, 2.24) is 0 Å². The summed E-state index contributed by atoms with van der Waals surface area (Å²) >= 11 is 0. The molecule has 0 saturated heterocycles. The molecule has 0 aromatic heterocycles.